The SMILES string of the molecule is O=C(NCc1ccccc1)C1(F)C(F)(F)C(F)(F)C(F)(C(=O)NCc2ccccc2)C(F)(F)C1(F)F. The molecule has 1 aliphatic rings. The zero-order chi connectivity index (χ0) is 27.2. The van der Waals surface area contributed by atoms with Gasteiger partial charge in [-0.15, -0.1) is 0 Å². The van der Waals surface area contributed by atoms with Crippen LogP contribution in [0.5, 0.6) is 0 Å². The van der Waals surface area contributed by atoms with Gasteiger partial charge in [0.2, 0.25) is 0 Å². The number of amides is 2. The highest BCUT2D eigenvalue weighted by molar-refractivity contribution is 5.93. The molecule has 14 heteroatoms. The fourth-order valence-electron chi connectivity index (χ4n) is 3.63. The third kappa shape index (κ3) is 3.44. The van der Waals surface area contributed by atoms with Crippen molar-refractivity contribution in [3.05, 3.63) is 71.8 Å². The van der Waals surface area contributed by atoms with Gasteiger partial charge in [-0.1, -0.05) is 60.7 Å². The molecule has 1 aliphatic carbocycles. The fourth-order valence-corrected chi connectivity index (χ4v) is 3.63. The molecule has 1 saturated carbocycles. The van der Waals surface area contributed by atoms with Crippen LogP contribution in [-0.2, 0) is 22.7 Å². The first-order chi connectivity index (χ1) is 16.5. The van der Waals surface area contributed by atoms with E-state index in [9.17, 15) is 44.7 Å². The van der Waals surface area contributed by atoms with Crippen LogP contribution in [0.3, 0.4) is 0 Å². The van der Waals surface area contributed by atoms with Crippen molar-refractivity contribution in [2.24, 2.45) is 0 Å². The van der Waals surface area contributed by atoms with Crippen LogP contribution >= 0.6 is 0 Å². The van der Waals surface area contributed by atoms with Gasteiger partial charge in [0.15, 0.2) is 0 Å². The molecule has 36 heavy (non-hydrogen) atoms. The normalized spacial score (nSPS) is 27.6. The van der Waals surface area contributed by atoms with Crippen molar-refractivity contribution >= 4 is 11.8 Å². The average molecular weight is 530 g/mol. The molecule has 2 N–H and O–H groups in total. The molecule has 2 aromatic carbocycles. The summed E-state index contributed by atoms with van der Waals surface area (Å²) in [4.78, 5) is 24.1. The topological polar surface area (TPSA) is 58.2 Å². The lowest BCUT2D eigenvalue weighted by molar-refractivity contribution is -0.440. The quantitative estimate of drug-likeness (QED) is 0.537. The average Bonchev–Trinajstić information content (AvgIpc) is 2.84. The van der Waals surface area contributed by atoms with E-state index in [1.807, 2.05) is 0 Å². The summed E-state index contributed by atoms with van der Waals surface area (Å²) >= 11 is 0. The largest absolute Gasteiger partial charge is 0.362 e. The summed E-state index contributed by atoms with van der Waals surface area (Å²) in [6.45, 7) is -2.01. The van der Waals surface area contributed by atoms with Crippen LogP contribution in [0.25, 0.3) is 0 Å². The zero-order valence-corrected chi connectivity index (χ0v) is 17.8. The van der Waals surface area contributed by atoms with Crippen LogP contribution in [0, 0.1) is 0 Å². The van der Waals surface area contributed by atoms with E-state index in [4.69, 9.17) is 0 Å². The van der Waals surface area contributed by atoms with Crippen LogP contribution in [-0.4, -0.2) is 46.8 Å². The third-order valence-electron chi connectivity index (χ3n) is 5.74. The van der Waals surface area contributed by atoms with E-state index in [0.29, 0.717) is 0 Å². The second-order valence-electron chi connectivity index (χ2n) is 7.95. The minimum atomic E-state index is -7.12. The predicted octanol–water partition coefficient (Wildman–Crippen LogP) is 4.59. The molecule has 0 heterocycles. The van der Waals surface area contributed by atoms with Gasteiger partial charge in [0, 0.05) is 13.1 Å². The molecule has 0 radical (unpaired) electrons. The van der Waals surface area contributed by atoms with E-state index < -0.39 is 59.9 Å². The Kier molecular flexibility index (Phi) is 6.56. The monoisotopic (exact) mass is 530 g/mol. The molecule has 1 fully saturated rings. The van der Waals surface area contributed by atoms with Crippen LogP contribution < -0.4 is 10.6 Å². The fraction of sp³-hybridized carbons (Fsp3) is 0.364. The summed E-state index contributed by atoms with van der Waals surface area (Å²) in [7, 11) is 0. The van der Waals surface area contributed by atoms with Crippen molar-refractivity contribution in [2.75, 3.05) is 0 Å². The van der Waals surface area contributed by atoms with Gasteiger partial charge in [-0.2, -0.15) is 35.1 Å². The van der Waals surface area contributed by atoms with Crippen molar-refractivity contribution in [3.8, 4) is 0 Å². The van der Waals surface area contributed by atoms with Crippen LogP contribution in [0.1, 0.15) is 11.1 Å². The predicted molar refractivity (Wildman–Crippen MR) is 104 cm³/mol. The number of benzene rings is 2. The maximum Gasteiger partial charge on any atom is 0.362 e. The number of halogens is 10. The number of carbonyl (C=O) groups is 2. The standard InChI is InChI=1S/C22H16F10N2O2/c23-17(15(35)33-11-13-7-3-1-4-8-13)19(25,26)21(29,30)18(24,22(31,32)20(17,27)28)16(36)34-12-14-9-5-2-6-10-14/h1-10H,11-12H2,(H,33,35)(H,34,36). The van der Waals surface area contributed by atoms with Crippen LogP contribution in [0.15, 0.2) is 60.7 Å². The molecule has 0 aromatic heterocycles. The highest BCUT2D eigenvalue weighted by Gasteiger charge is 3.03. The summed E-state index contributed by atoms with van der Waals surface area (Å²) in [6.07, 6.45) is 0. The van der Waals surface area contributed by atoms with Gasteiger partial charge in [0.1, 0.15) is 0 Å². The molecular formula is C22H16F10N2O2. The van der Waals surface area contributed by atoms with Crippen molar-refractivity contribution in [1.82, 2.24) is 10.6 Å². The Bertz CT molecular complexity index is 1010. The Balaban J connectivity index is 2.03. The molecule has 0 saturated heterocycles. The van der Waals surface area contributed by atoms with Crippen molar-refractivity contribution in [3.63, 3.8) is 0 Å². The molecule has 2 aromatic rings. The molecule has 0 aliphatic heterocycles. The van der Waals surface area contributed by atoms with E-state index in [0.717, 1.165) is 10.6 Å². The summed E-state index contributed by atoms with van der Waals surface area (Å²) in [5.41, 5.74) is -13.4. The minimum absolute atomic E-state index is 0.0319. The van der Waals surface area contributed by atoms with E-state index >= 15 is 8.78 Å². The maximum atomic E-state index is 15.1. The van der Waals surface area contributed by atoms with E-state index in [1.165, 1.54) is 60.7 Å². The van der Waals surface area contributed by atoms with Gasteiger partial charge in [0.25, 0.3) is 11.8 Å². The Morgan fingerprint density at radius 3 is 1.00 bits per heavy atom. The van der Waals surface area contributed by atoms with Crippen molar-refractivity contribution in [1.29, 1.82) is 0 Å². The Morgan fingerprint density at radius 2 is 0.750 bits per heavy atom. The second kappa shape index (κ2) is 8.66. The third-order valence-corrected chi connectivity index (χ3v) is 5.74. The molecule has 3 rings (SSSR count). The maximum absolute atomic E-state index is 15.1. The first-order valence-corrected chi connectivity index (χ1v) is 10.0. The number of hydrogen-bond donors (Lipinski definition) is 2. The van der Waals surface area contributed by atoms with Gasteiger partial charge in [-0.3, -0.25) is 9.59 Å². The highest BCUT2D eigenvalue weighted by atomic mass is 19.4. The first kappa shape index (κ1) is 27.3. The first-order valence-electron chi connectivity index (χ1n) is 10.0. The van der Waals surface area contributed by atoms with E-state index in [1.54, 1.807) is 0 Å². The summed E-state index contributed by atoms with van der Waals surface area (Å²) in [5, 5.41) is 2.27. The molecule has 0 unspecified atom stereocenters. The molecule has 196 valence electrons. The Hall–Kier alpha value is -3.32. The summed E-state index contributed by atoms with van der Waals surface area (Å²) in [6, 6.07) is 12.8. The van der Waals surface area contributed by atoms with Crippen molar-refractivity contribution in [2.45, 2.75) is 48.1 Å². The number of alkyl halides is 10. The lowest BCUT2D eigenvalue weighted by Crippen LogP contribution is -2.89. The Labute approximate surface area is 196 Å². The molecule has 4 nitrogen and oxygen atoms in total. The number of hydrogen-bond acceptors (Lipinski definition) is 2. The van der Waals surface area contributed by atoms with Gasteiger partial charge >= 0.3 is 35.0 Å². The lowest BCUT2D eigenvalue weighted by Gasteiger charge is -2.53. The van der Waals surface area contributed by atoms with Gasteiger partial charge < -0.3 is 10.6 Å². The highest BCUT2D eigenvalue weighted by Crippen LogP contribution is 2.69. The number of rotatable bonds is 6. The molecular weight excluding hydrogens is 514 g/mol. The summed E-state index contributed by atoms with van der Waals surface area (Å²) < 4.78 is 147. The summed E-state index contributed by atoms with van der Waals surface area (Å²) in [5.74, 6) is -35.0. The van der Waals surface area contributed by atoms with Crippen molar-refractivity contribution < 1.29 is 53.5 Å². The lowest BCUT2D eigenvalue weighted by atomic mass is 9.66. The smallest absolute Gasteiger partial charge is 0.349 e. The molecule has 0 bridgehead atoms. The van der Waals surface area contributed by atoms with Gasteiger partial charge in [-0.05, 0) is 11.1 Å². The number of carbonyl (C=O) groups excluding carboxylic acids is 2. The Morgan fingerprint density at radius 1 is 0.500 bits per heavy atom. The van der Waals surface area contributed by atoms with Crippen LogP contribution in [0.4, 0.5) is 43.9 Å². The van der Waals surface area contributed by atoms with E-state index in [2.05, 4.69) is 0 Å². The molecule has 0 spiro atoms. The van der Waals surface area contributed by atoms with Gasteiger partial charge in [-0.25, -0.2) is 8.78 Å². The van der Waals surface area contributed by atoms with Crippen LogP contribution in [0.2, 0.25) is 0 Å². The van der Waals surface area contributed by atoms with E-state index in [-0.39, 0.29) is 11.1 Å². The number of nitrogens with one attached hydrogen (secondary N) is 2. The van der Waals surface area contributed by atoms with Gasteiger partial charge in [0.05, 0.1) is 0 Å². The molecule has 2 amide bonds. The molecule has 0 atom stereocenters. The minimum Gasteiger partial charge on any atom is -0.349 e. The second-order valence-corrected chi connectivity index (χ2v) is 7.95. The zero-order valence-electron chi connectivity index (χ0n) is 17.8.